The fourth-order valence-electron chi connectivity index (χ4n) is 3.06. The molecule has 1 aromatic heterocycles. The van der Waals surface area contributed by atoms with Crippen LogP contribution in [0.2, 0.25) is 0 Å². The predicted molar refractivity (Wildman–Crippen MR) is 108 cm³/mol. The number of furan rings is 1. The Balaban J connectivity index is 2.03. The average Bonchev–Trinajstić information content (AvgIpc) is 3.19. The minimum atomic E-state index is -0.170. The van der Waals surface area contributed by atoms with Crippen molar-refractivity contribution in [2.45, 2.75) is 34.6 Å². The van der Waals surface area contributed by atoms with Gasteiger partial charge in [-0.2, -0.15) is 0 Å². The Morgan fingerprint density at radius 3 is 2.81 bits per heavy atom. The molecule has 1 aliphatic heterocycles. The van der Waals surface area contributed by atoms with Gasteiger partial charge in [-0.3, -0.25) is 9.79 Å². The molecule has 3 rings (SSSR count). The van der Waals surface area contributed by atoms with Gasteiger partial charge in [-0.25, -0.2) is 0 Å². The molecule has 6 heteroatoms. The largest absolute Gasteiger partial charge is 0.493 e. The molecule has 0 atom stereocenters. The lowest BCUT2D eigenvalue weighted by Crippen LogP contribution is -2.25. The molecule has 2 heterocycles. The van der Waals surface area contributed by atoms with Crippen molar-refractivity contribution in [3.8, 4) is 5.75 Å². The molecule has 0 saturated heterocycles. The Morgan fingerprint density at radius 2 is 2.15 bits per heavy atom. The molecule has 0 aliphatic carbocycles. The van der Waals surface area contributed by atoms with Gasteiger partial charge < -0.3 is 14.5 Å². The highest BCUT2D eigenvalue weighted by Gasteiger charge is 2.19. The third kappa shape index (κ3) is 3.51. The Morgan fingerprint density at radius 1 is 1.38 bits per heavy atom. The average molecular weight is 372 g/mol. The summed E-state index contributed by atoms with van der Waals surface area (Å²) in [6.45, 7) is 11.2. The van der Waals surface area contributed by atoms with Crippen molar-refractivity contribution in [1.29, 1.82) is 0 Å². The van der Waals surface area contributed by atoms with Gasteiger partial charge in [-0.05, 0) is 51.8 Å². The normalized spacial score (nSPS) is 14.7. The number of benzene rings is 1. The summed E-state index contributed by atoms with van der Waals surface area (Å²) in [4.78, 5) is 16.6. The minimum Gasteiger partial charge on any atom is -0.493 e. The molecule has 0 unspecified atom stereocenters. The van der Waals surface area contributed by atoms with E-state index in [0.29, 0.717) is 11.8 Å². The third-order valence-electron chi connectivity index (χ3n) is 4.52. The third-order valence-corrected chi connectivity index (χ3v) is 5.41. The first-order valence-electron chi connectivity index (χ1n) is 8.75. The zero-order chi connectivity index (χ0) is 18.8. The Kier molecular flexibility index (Phi) is 5.41. The van der Waals surface area contributed by atoms with E-state index in [1.165, 1.54) is 0 Å². The number of allylic oxidation sites excluding steroid dienone is 1. The van der Waals surface area contributed by atoms with E-state index < -0.39 is 0 Å². The molecule has 1 N–H and O–H groups in total. The van der Waals surface area contributed by atoms with Crippen LogP contribution in [0.15, 0.2) is 21.6 Å². The van der Waals surface area contributed by atoms with Gasteiger partial charge in [0.1, 0.15) is 17.1 Å². The van der Waals surface area contributed by atoms with Crippen LogP contribution in [0, 0.1) is 20.8 Å². The summed E-state index contributed by atoms with van der Waals surface area (Å²) in [6.07, 6.45) is 1.60. The highest BCUT2D eigenvalue weighted by atomic mass is 32.2. The summed E-state index contributed by atoms with van der Waals surface area (Å²) in [5.74, 6) is 2.42. The second kappa shape index (κ2) is 7.58. The Labute approximate surface area is 157 Å². The van der Waals surface area contributed by atoms with Crippen LogP contribution in [-0.2, 0) is 4.79 Å². The van der Waals surface area contributed by atoms with Crippen molar-refractivity contribution in [2.24, 2.45) is 4.99 Å². The van der Waals surface area contributed by atoms with Crippen LogP contribution in [0.4, 0.5) is 0 Å². The van der Waals surface area contributed by atoms with Crippen molar-refractivity contribution in [3.63, 3.8) is 0 Å². The molecule has 0 saturated carbocycles. The molecule has 0 radical (unpaired) electrons. The summed E-state index contributed by atoms with van der Waals surface area (Å²) < 4.78 is 11.8. The van der Waals surface area contributed by atoms with Crippen LogP contribution in [-0.4, -0.2) is 30.0 Å². The summed E-state index contributed by atoms with van der Waals surface area (Å²) in [5, 5.41) is 4.59. The molecule has 0 spiro atoms. The number of carbonyl (C=O) groups is 1. The highest BCUT2D eigenvalue weighted by molar-refractivity contribution is 8.14. The summed E-state index contributed by atoms with van der Waals surface area (Å²) in [6, 6.07) is 2.06. The maximum Gasteiger partial charge on any atom is 0.250 e. The van der Waals surface area contributed by atoms with Crippen LogP contribution < -0.4 is 10.1 Å². The first kappa shape index (κ1) is 18.6. The number of nitrogens with zero attached hydrogens (tertiary/aromatic N) is 1. The van der Waals surface area contributed by atoms with Crippen LogP contribution in [0.5, 0.6) is 5.75 Å². The van der Waals surface area contributed by atoms with E-state index in [1.54, 1.807) is 17.8 Å². The number of aryl methyl sites for hydroxylation is 3. The number of amides is 1. The number of thioether (sulfide) groups is 1. The second-order valence-corrected chi connectivity index (χ2v) is 7.41. The fourth-order valence-corrected chi connectivity index (χ4v) is 3.79. The van der Waals surface area contributed by atoms with E-state index in [-0.39, 0.29) is 5.91 Å². The molecular weight excluding hydrogens is 348 g/mol. The van der Waals surface area contributed by atoms with Crippen molar-refractivity contribution in [1.82, 2.24) is 5.32 Å². The highest BCUT2D eigenvalue weighted by Crippen LogP contribution is 2.38. The zero-order valence-corrected chi connectivity index (χ0v) is 16.7. The second-order valence-electron chi connectivity index (χ2n) is 6.32. The molecule has 1 amide bonds. The van der Waals surface area contributed by atoms with Crippen molar-refractivity contribution in [3.05, 3.63) is 34.6 Å². The number of nitrogens with one attached hydrogen (secondary N) is 1. The molecule has 1 aromatic carbocycles. The maximum atomic E-state index is 12.3. The van der Waals surface area contributed by atoms with E-state index in [4.69, 9.17) is 9.15 Å². The maximum absolute atomic E-state index is 12.3. The minimum absolute atomic E-state index is 0.170. The number of fused-ring (bicyclic) bond motifs is 1. The van der Waals surface area contributed by atoms with E-state index in [0.717, 1.165) is 57.0 Å². The van der Waals surface area contributed by atoms with Gasteiger partial charge in [0, 0.05) is 28.3 Å². The Bertz CT molecular complexity index is 925. The molecule has 2 aromatic rings. The quantitative estimate of drug-likeness (QED) is 0.809. The van der Waals surface area contributed by atoms with E-state index in [1.807, 2.05) is 34.6 Å². The van der Waals surface area contributed by atoms with E-state index >= 15 is 0 Å². The molecule has 5 nitrogen and oxygen atoms in total. The number of hydrogen-bond acceptors (Lipinski definition) is 5. The first-order valence-corrected chi connectivity index (χ1v) is 9.74. The van der Waals surface area contributed by atoms with Gasteiger partial charge in [0.2, 0.25) is 5.91 Å². The molecule has 0 fully saturated rings. The SMILES string of the molecule is CCOc1c(/C(C)=C/C(=O)NC2=NCCS2)cc2c(C)c(C)oc2c1C. The van der Waals surface area contributed by atoms with Gasteiger partial charge in [0.25, 0.3) is 0 Å². The van der Waals surface area contributed by atoms with Gasteiger partial charge in [-0.1, -0.05) is 11.8 Å². The molecule has 26 heavy (non-hydrogen) atoms. The lowest BCUT2D eigenvalue weighted by Gasteiger charge is -2.14. The lowest BCUT2D eigenvalue weighted by atomic mass is 9.98. The zero-order valence-electron chi connectivity index (χ0n) is 15.9. The van der Waals surface area contributed by atoms with Gasteiger partial charge in [0.15, 0.2) is 5.17 Å². The van der Waals surface area contributed by atoms with Gasteiger partial charge >= 0.3 is 0 Å². The number of ether oxygens (including phenoxy) is 1. The monoisotopic (exact) mass is 372 g/mol. The first-order chi connectivity index (χ1) is 12.4. The predicted octanol–water partition coefficient (Wildman–Crippen LogP) is 4.38. The van der Waals surface area contributed by atoms with Crippen molar-refractivity contribution in [2.75, 3.05) is 18.9 Å². The number of rotatable bonds is 4. The van der Waals surface area contributed by atoms with Crippen LogP contribution >= 0.6 is 11.8 Å². The molecular formula is C20H24N2O3S. The molecule has 1 aliphatic rings. The van der Waals surface area contributed by atoms with Gasteiger partial charge in [0.05, 0.1) is 13.2 Å². The fraction of sp³-hybridized carbons (Fsp3) is 0.400. The van der Waals surface area contributed by atoms with Crippen molar-refractivity contribution < 1.29 is 13.9 Å². The van der Waals surface area contributed by atoms with E-state index in [9.17, 15) is 4.79 Å². The van der Waals surface area contributed by atoms with Crippen LogP contribution in [0.1, 0.15) is 36.3 Å². The Hall–Kier alpha value is -2.21. The van der Waals surface area contributed by atoms with Crippen LogP contribution in [0.25, 0.3) is 16.5 Å². The topological polar surface area (TPSA) is 63.8 Å². The van der Waals surface area contributed by atoms with Crippen molar-refractivity contribution >= 4 is 39.4 Å². The summed E-state index contributed by atoms with van der Waals surface area (Å²) in [7, 11) is 0. The van der Waals surface area contributed by atoms with Crippen LogP contribution in [0.3, 0.4) is 0 Å². The number of aliphatic imine (C=N–C) groups is 1. The summed E-state index contributed by atoms with van der Waals surface area (Å²) in [5.41, 5.74) is 4.68. The lowest BCUT2D eigenvalue weighted by molar-refractivity contribution is -0.115. The van der Waals surface area contributed by atoms with Gasteiger partial charge in [-0.15, -0.1) is 0 Å². The molecule has 138 valence electrons. The summed E-state index contributed by atoms with van der Waals surface area (Å²) >= 11 is 1.57. The molecule has 0 bridgehead atoms. The number of carbonyl (C=O) groups excluding carboxylic acids is 1. The van der Waals surface area contributed by atoms with E-state index in [2.05, 4.69) is 16.4 Å². The number of amidine groups is 1. The number of hydrogen-bond donors (Lipinski definition) is 1. The standard InChI is InChI=1S/C20H24N2O3S/c1-6-24-18-13(4)19-16(12(3)14(5)25-19)10-15(18)11(2)9-17(23)22-20-21-7-8-26-20/h9-10H,6-8H2,1-5H3,(H,21,22,23)/b11-9+. The smallest absolute Gasteiger partial charge is 0.250 e.